The predicted molar refractivity (Wildman–Crippen MR) is 125 cm³/mol. The van der Waals surface area contributed by atoms with E-state index in [1.807, 2.05) is 38.1 Å². The summed E-state index contributed by atoms with van der Waals surface area (Å²) >= 11 is 1.15. The molecule has 1 aliphatic heterocycles. The topological polar surface area (TPSA) is 100 Å². The third kappa shape index (κ3) is 5.06. The third-order valence-corrected chi connectivity index (χ3v) is 6.28. The lowest BCUT2D eigenvalue weighted by Crippen LogP contribution is -2.31. The number of hydrogen-bond acceptors (Lipinski definition) is 6. The number of amides is 2. The van der Waals surface area contributed by atoms with E-state index >= 15 is 0 Å². The normalized spacial score (nSPS) is 15.6. The molecule has 1 atom stereocenters. The molecular formula is C24H25N3O4S. The van der Waals surface area contributed by atoms with Crippen molar-refractivity contribution in [3.05, 3.63) is 63.7 Å². The van der Waals surface area contributed by atoms with Crippen molar-refractivity contribution in [2.45, 2.75) is 26.2 Å². The number of hydrogen-bond donors (Lipinski definition) is 2. The molecule has 32 heavy (non-hydrogen) atoms. The number of nitrogens with zero attached hydrogens (tertiary/aromatic N) is 1. The molecule has 2 amide bonds. The fraction of sp³-hybridized carbons (Fsp3) is 0.292. The molecule has 0 fully saturated rings. The van der Waals surface area contributed by atoms with Gasteiger partial charge in [0.2, 0.25) is 11.8 Å². The van der Waals surface area contributed by atoms with E-state index < -0.39 is 5.92 Å². The Balaban J connectivity index is 1.82. The highest BCUT2D eigenvalue weighted by atomic mass is 32.2. The van der Waals surface area contributed by atoms with Crippen molar-refractivity contribution in [2.24, 2.45) is 0 Å². The number of rotatable bonds is 7. The maximum absolute atomic E-state index is 12.6. The van der Waals surface area contributed by atoms with Crippen LogP contribution in [0.2, 0.25) is 0 Å². The number of anilines is 1. The van der Waals surface area contributed by atoms with Crippen LogP contribution in [-0.4, -0.2) is 31.8 Å². The summed E-state index contributed by atoms with van der Waals surface area (Å²) in [5.74, 6) is 0.304. The molecule has 0 saturated heterocycles. The minimum atomic E-state index is -0.433. The van der Waals surface area contributed by atoms with E-state index in [-0.39, 0.29) is 24.0 Å². The lowest BCUT2D eigenvalue weighted by Gasteiger charge is -2.25. The number of ether oxygens (including phenoxy) is 2. The van der Waals surface area contributed by atoms with Crippen LogP contribution in [0.5, 0.6) is 11.5 Å². The van der Waals surface area contributed by atoms with Gasteiger partial charge in [-0.3, -0.25) is 9.59 Å². The lowest BCUT2D eigenvalue weighted by molar-refractivity contribution is -0.121. The van der Waals surface area contributed by atoms with E-state index in [0.29, 0.717) is 22.1 Å². The van der Waals surface area contributed by atoms with Gasteiger partial charge in [0.15, 0.2) is 11.5 Å². The SMILES string of the molecule is COc1ccc([C@@H]2CC(=O)NC(SCC(=O)Nc3c(C)cccc3C)=C2C#N)cc1OC. The number of para-hydroxylation sites is 1. The van der Waals surface area contributed by atoms with Crippen LogP contribution in [0, 0.1) is 25.2 Å². The average Bonchev–Trinajstić information content (AvgIpc) is 2.79. The maximum Gasteiger partial charge on any atom is 0.234 e. The molecule has 8 heteroatoms. The monoisotopic (exact) mass is 451 g/mol. The summed E-state index contributed by atoms with van der Waals surface area (Å²) in [4.78, 5) is 25.0. The summed E-state index contributed by atoms with van der Waals surface area (Å²) in [5, 5.41) is 15.9. The molecule has 166 valence electrons. The number of methoxy groups -OCH3 is 2. The Morgan fingerprint density at radius 1 is 1.19 bits per heavy atom. The number of nitrogens with one attached hydrogen (secondary N) is 2. The van der Waals surface area contributed by atoms with Gasteiger partial charge in [-0.05, 0) is 42.7 Å². The van der Waals surface area contributed by atoms with Gasteiger partial charge in [0.25, 0.3) is 0 Å². The van der Waals surface area contributed by atoms with Gasteiger partial charge in [0.1, 0.15) is 0 Å². The molecular weight excluding hydrogens is 426 g/mol. The second-order valence-corrected chi connectivity index (χ2v) is 8.36. The summed E-state index contributed by atoms with van der Waals surface area (Å²) in [6.45, 7) is 3.86. The van der Waals surface area contributed by atoms with Gasteiger partial charge in [-0.15, -0.1) is 0 Å². The van der Waals surface area contributed by atoms with Crippen LogP contribution in [0.4, 0.5) is 5.69 Å². The van der Waals surface area contributed by atoms with Crippen LogP contribution in [0.25, 0.3) is 0 Å². The van der Waals surface area contributed by atoms with Gasteiger partial charge in [0, 0.05) is 18.0 Å². The third-order valence-electron chi connectivity index (χ3n) is 5.26. The number of nitriles is 1. The Hall–Kier alpha value is -3.44. The van der Waals surface area contributed by atoms with Gasteiger partial charge in [-0.25, -0.2) is 0 Å². The zero-order chi connectivity index (χ0) is 23.3. The van der Waals surface area contributed by atoms with Gasteiger partial charge in [-0.2, -0.15) is 5.26 Å². The molecule has 0 aromatic heterocycles. The van der Waals surface area contributed by atoms with Crippen molar-refractivity contribution in [1.82, 2.24) is 5.32 Å². The Bertz CT molecular complexity index is 1100. The Morgan fingerprint density at radius 3 is 2.50 bits per heavy atom. The van der Waals surface area contributed by atoms with Crippen LogP contribution < -0.4 is 20.1 Å². The highest BCUT2D eigenvalue weighted by molar-refractivity contribution is 8.03. The molecule has 2 aromatic carbocycles. The minimum Gasteiger partial charge on any atom is -0.493 e. The summed E-state index contributed by atoms with van der Waals surface area (Å²) in [6.07, 6.45) is 0.136. The first kappa shape index (κ1) is 23.2. The number of carbonyl (C=O) groups is 2. The van der Waals surface area contributed by atoms with E-state index in [0.717, 1.165) is 34.1 Å². The van der Waals surface area contributed by atoms with Crippen molar-refractivity contribution in [1.29, 1.82) is 5.26 Å². The first-order valence-electron chi connectivity index (χ1n) is 10.0. The van der Waals surface area contributed by atoms with Gasteiger partial charge >= 0.3 is 0 Å². The van der Waals surface area contributed by atoms with Crippen molar-refractivity contribution in [3.8, 4) is 17.6 Å². The van der Waals surface area contributed by atoms with Crippen LogP contribution in [0.3, 0.4) is 0 Å². The zero-order valence-corrected chi connectivity index (χ0v) is 19.3. The van der Waals surface area contributed by atoms with E-state index in [1.54, 1.807) is 19.2 Å². The largest absolute Gasteiger partial charge is 0.493 e. The standard InChI is InChI=1S/C24H25N3O4S/c1-14-6-5-7-15(2)23(14)26-22(29)13-32-24-18(12-25)17(11-21(28)27-24)16-8-9-19(30-3)20(10-16)31-4/h5-10,17H,11,13H2,1-4H3,(H,26,29)(H,27,28)/t17-/m0/s1. The minimum absolute atomic E-state index is 0.0627. The maximum atomic E-state index is 12.6. The first-order chi connectivity index (χ1) is 15.4. The molecule has 0 saturated carbocycles. The molecule has 1 heterocycles. The van der Waals surface area contributed by atoms with Crippen molar-refractivity contribution >= 4 is 29.3 Å². The second-order valence-electron chi connectivity index (χ2n) is 7.38. The predicted octanol–water partition coefficient (Wildman–Crippen LogP) is 4.03. The summed E-state index contributed by atoms with van der Waals surface area (Å²) in [6, 6.07) is 13.4. The van der Waals surface area contributed by atoms with E-state index in [4.69, 9.17) is 9.47 Å². The van der Waals surface area contributed by atoms with E-state index in [2.05, 4.69) is 16.7 Å². The number of aryl methyl sites for hydroxylation is 2. The Kier molecular flexibility index (Phi) is 7.44. The van der Waals surface area contributed by atoms with Crippen LogP contribution >= 0.6 is 11.8 Å². The smallest absolute Gasteiger partial charge is 0.234 e. The molecule has 0 radical (unpaired) electrons. The van der Waals surface area contributed by atoms with Crippen LogP contribution in [-0.2, 0) is 9.59 Å². The molecule has 2 N–H and O–H groups in total. The molecule has 0 unspecified atom stereocenters. The molecule has 1 aliphatic rings. The first-order valence-corrected chi connectivity index (χ1v) is 11.0. The molecule has 0 aliphatic carbocycles. The fourth-order valence-electron chi connectivity index (χ4n) is 3.61. The van der Waals surface area contributed by atoms with Gasteiger partial charge in [0.05, 0.1) is 36.6 Å². The number of thioether (sulfide) groups is 1. The van der Waals surface area contributed by atoms with Crippen molar-refractivity contribution in [2.75, 3.05) is 25.3 Å². The molecule has 0 spiro atoms. The Morgan fingerprint density at radius 2 is 1.88 bits per heavy atom. The van der Waals surface area contributed by atoms with E-state index in [9.17, 15) is 14.9 Å². The lowest BCUT2D eigenvalue weighted by atomic mass is 9.87. The average molecular weight is 452 g/mol. The highest BCUT2D eigenvalue weighted by Gasteiger charge is 2.30. The number of allylic oxidation sites excluding steroid dienone is 1. The summed E-state index contributed by atoms with van der Waals surface area (Å²) in [5.41, 5.74) is 3.91. The second kappa shape index (κ2) is 10.2. The van der Waals surface area contributed by atoms with Crippen molar-refractivity contribution in [3.63, 3.8) is 0 Å². The number of carbonyl (C=O) groups excluding carboxylic acids is 2. The van der Waals surface area contributed by atoms with Crippen LogP contribution in [0.15, 0.2) is 47.0 Å². The quantitative estimate of drug-likeness (QED) is 0.659. The molecule has 2 aromatic rings. The van der Waals surface area contributed by atoms with E-state index in [1.165, 1.54) is 7.11 Å². The fourth-order valence-corrected chi connectivity index (χ4v) is 4.49. The Labute approximate surface area is 191 Å². The molecule has 3 rings (SSSR count). The zero-order valence-electron chi connectivity index (χ0n) is 18.4. The highest BCUT2D eigenvalue weighted by Crippen LogP contribution is 2.39. The van der Waals surface area contributed by atoms with Gasteiger partial charge in [-0.1, -0.05) is 36.0 Å². The molecule has 7 nitrogen and oxygen atoms in total. The van der Waals surface area contributed by atoms with Crippen molar-refractivity contribution < 1.29 is 19.1 Å². The van der Waals surface area contributed by atoms with Crippen LogP contribution in [0.1, 0.15) is 29.0 Å². The number of benzene rings is 2. The molecule has 0 bridgehead atoms. The summed E-state index contributed by atoms with van der Waals surface area (Å²) < 4.78 is 10.6. The summed E-state index contributed by atoms with van der Waals surface area (Å²) in [7, 11) is 3.08. The van der Waals surface area contributed by atoms with Gasteiger partial charge < -0.3 is 20.1 Å².